The molecule has 1 heterocycles. The number of halogens is 1. The smallest absolute Gasteiger partial charge is 0.182 e. The summed E-state index contributed by atoms with van der Waals surface area (Å²) in [7, 11) is -3.43. The van der Waals surface area contributed by atoms with Crippen LogP contribution < -0.4 is 5.73 Å². The average Bonchev–Trinajstić information content (AvgIpc) is 2.73. The Morgan fingerprint density at radius 1 is 1.47 bits per heavy atom. The number of ether oxygens (including phenoxy) is 1. The molecule has 0 aromatic heterocycles. The molecule has 6 heteroatoms. The predicted molar refractivity (Wildman–Crippen MR) is 66.9 cm³/mol. The maximum atomic E-state index is 12.1. The minimum atomic E-state index is -3.43. The van der Waals surface area contributed by atoms with E-state index in [0.717, 1.165) is 12.8 Å². The zero-order chi connectivity index (χ0) is 12.5. The first-order valence-corrected chi connectivity index (χ1v) is 7.41. The Balaban J connectivity index is 2.27. The van der Waals surface area contributed by atoms with Crippen molar-refractivity contribution in [3.8, 4) is 0 Å². The lowest BCUT2D eigenvalue weighted by Gasteiger charge is -2.11. The zero-order valence-corrected chi connectivity index (χ0v) is 10.8. The van der Waals surface area contributed by atoms with Crippen LogP contribution in [0.15, 0.2) is 23.1 Å². The van der Waals surface area contributed by atoms with Gasteiger partial charge in [0.05, 0.1) is 21.8 Å². The van der Waals surface area contributed by atoms with Crippen LogP contribution in [-0.2, 0) is 14.6 Å². The van der Waals surface area contributed by atoms with E-state index in [1.54, 1.807) is 6.07 Å². The molecule has 2 N–H and O–H groups in total. The van der Waals surface area contributed by atoms with Gasteiger partial charge in [-0.05, 0) is 31.0 Å². The minimum Gasteiger partial charge on any atom is -0.399 e. The number of hydrogen-bond donors (Lipinski definition) is 1. The molecule has 17 heavy (non-hydrogen) atoms. The largest absolute Gasteiger partial charge is 0.399 e. The Morgan fingerprint density at radius 2 is 2.24 bits per heavy atom. The van der Waals surface area contributed by atoms with Gasteiger partial charge in [0.2, 0.25) is 0 Å². The summed E-state index contributed by atoms with van der Waals surface area (Å²) in [5.74, 6) is -0.0316. The maximum absolute atomic E-state index is 12.1. The van der Waals surface area contributed by atoms with E-state index in [1.165, 1.54) is 12.1 Å². The van der Waals surface area contributed by atoms with Gasteiger partial charge in [-0.25, -0.2) is 8.42 Å². The topological polar surface area (TPSA) is 69.4 Å². The molecular formula is C11H14ClNO3S. The van der Waals surface area contributed by atoms with Gasteiger partial charge in [0.1, 0.15) is 0 Å². The number of anilines is 1. The van der Waals surface area contributed by atoms with Crippen molar-refractivity contribution in [3.05, 3.63) is 23.2 Å². The molecule has 1 aromatic rings. The van der Waals surface area contributed by atoms with Crippen LogP contribution in [0.4, 0.5) is 5.69 Å². The van der Waals surface area contributed by atoms with Crippen molar-refractivity contribution in [2.75, 3.05) is 18.1 Å². The highest BCUT2D eigenvalue weighted by Gasteiger charge is 2.26. The third-order valence-electron chi connectivity index (χ3n) is 2.72. The van der Waals surface area contributed by atoms with Gasteiger partial charge in [-0.3, -0.25) is 0 Å². The molecule has 0 radical (unpaired) electrons. The van der Waals surface area contributed by atoms with Crippen molar-refractivity contribution in [1.29, 1.82) is 0 Å². The fourth-order valence-corrected chi connectivity index (χ4v) is 3.95. The SMILES string of the molecule is Nc1ccc(Cl)c(S(=O)(=O)CC2CCCO2)c1. The van der Waals surface area contributed by atoms with Crippen molar-refractivity contribution in [2.24, 2.45) is 0 Å². The van der Waals surface area contributed by atoms with Gasteiger partial charge in [-0.1, -0.05) is 11.6 Å². The summed E-state index contributed by atoms with van der Waals surface area (Å²) >= 11 is 5.89. The van der Waals surface area contributed by atoms with E-state index in [1.807, 2.05) is 0 Å². The minimum absolute atomic E-state index is 0.0316. The molecule has 0 saturated carbocycles. The molecule has 0 spiro atoms. The monoisotopic (exact) mass is 275 g/mol. The van der Waals surface area contributed by atoms with Crippen LogP contribution in [-0.4, -0.2) is 26.9 Å². The number of hydrogen-bond acceptors (Lipinski definition) is 4. The van der Waals surface area contributed by atoms with E-state index in [2.05, 4.69) is 0 Å². The summed E-state index contributed by atoms with van der Waals surface area (Å²) in [5, 5.41) is 0.206. The summed E-state index contributed by atoms with van der Waals surface area (Å²) in [4.78, 5) is 0.0923. The highest BCUT2D eigenvalue weighted by atomic mass is 35.5. The van der Waals surface area contributed by atoms with Crippen LogP contribution in [0.5, 0.6) is 0 Å². The predicted octanol–water partition coefficient (Wildman–Crippen LogP) is 1.87. The Morgan fingerprint density at radius 3 is 2.88 bits per heavy atom. The van der Waals surface area contributed by atoms with Crippen LogP contribution in [0.25, 0.3) is 0 Å². The molecule has 1 atom stereocenters. The second kappa shape index (κ2) is 4.84. The molecule has 1 fully saturated rings. The van der Waals surface area contributed by atoms with Gasteiger partial charge < -0.3 is 10.5 Å². The highest BCUT2D eigenvalue weighted by molar-refractivity contribution is 7.91. The molecule has 0 aliphatic carbocycles. The number of nitrogen functional groups attached to an aromatic ring is 1. The first-order valence-electron chi connectivity index (χ1n) is 5.38. The van der Waals surface area contributed by atoms with E-state index in [9.17, 15) is 8.42 Å². The number of sulfone groups is 1. The number of nitrogens with two attached hydrogens (primary N) is 1. The summed E-state index contributed by atoms with van der Waals surface area (Å²) in [6.07, 6.45) is 1.46. The second-order valence-electron chi connectivity index (χ2n) is 4.11. The fourth-order valence-electron chi connectivity index (χ4n) is 1.87. The second-order valence-corrected chi connectivity index (χ2v) is 6.52. The molecule has 1 unspecified atom stereocenters. The molecule has 1 aliphatic rings. The molecule has 0 amide bonds. The summed E-state index contributed by atoms with van der Waals surface area (Å²) in [5.41, 5.74) is 5.97. The molecule has 4 nitrogen and oxygen atoms in total. The van der Waals surface area contributed by atoms with Crippen LogP contribution >= 0.6 is 11.6 Å². The molecule has 1 saturated heterocycles. The Kier molecular flexibility index (Phi) is 3.61. The van der Waals surface area contributed by atoms with Crippen LogP contribution in [0.1, 0.15) is 12.8 Å². The van der Waals surface area contributed by atoms with Crippen LogP contribution in [0, 0.1) is 0 Å². The molecule has 94 valence electrons. The lowest BCUT2D eigenvalue weighted by atomic mass is 10.3. The van der Waals surface area contributed by atoms with E-state index in [4.69, 9.17) is 22.1 Å². The van der Waals surface area contributed by atoms with Crippen LogP contribution in [0.2, 0.25) is 5.02 Å². The summed E-state index contributed by atoms with van der Waals surface area (Å²) in [6, 6.07) is 4.47. The van der Waals surface area contributed by atoms with Gasteiger partial charge >= 0.3 is 0 Å². The highest BCUT2D eigenvalue weighted by Crippen LogP contribution is 2.26. The normalized spacial score (nSPS) is 20.6. The summed E-state index contributed by atoms with van der Waals surface area (Å²) < 4.78 is 29.6. The third kappa shape index (κ3) is 2.91. The van der Waals surface area contributed by atoms with Crippen molar-refractivity contribution >= 4 is 27.1 Å². The van der Waals surface area contributed by atoms with Gasteiger partial charge in [0.15, 0.2) is 9.84 Å². The lowest BCUT2D eigenvalue weighted by molar-refractivity contribution is 0.127. The number of rotatable bonds is 3. The van der Waals surface area contributed by atoms with Crippen molar-refractivity contribution in [2.45, 2.75) is 23.8 Å². The van der Waals surface area contributed by atoms with Gasteiger partial charge in [0, 0.05) is 12.3 Å². The summed E-state index contributed by atoms with van der Waals surface area (Å²) in [6.45, 7) is 0.630. The van der Waals surface area contributed by atoms with Crippen LogP contribution in [0.3, 0.4) is 0 Å². The zero-order valence-electron chi connectivity index (χ0n) is 9.23. The molecular weight excluding hydrogens is 262 g/mol. The number of benzene rings is 1. The average molecular weight is 276 g/mol. The van der Waals surface area contributed by atoms with Gasteiger partial charge in [-0.2, -0.15) is 0 Å². The third-order valence-corrected chi connectivity index (χ3v) is 4.98. The van der Waals surface area contributed by atoms with Crippen molar-refractivity contribution < 1.29 is 13.2 Å². The Bertz CT molecular complexity index is 509. The fraction of sp³-hybridized carbons (Fsp3) is 0.455. The van der Waals surface area contributed by atoms with Gasteiger partial charge in [0.25, 0.3) is 0 Å². The van der Waals surface area contributed by atoms with E-state index < -0.39 is 9.84 Å². The molecule has 2 rings (SSSR count). The maximum Gasteiger partial charge on any atom is 0.182 e. The first kappa shape index (κ1) is 12.7. The van der Waals surface area contributed by atoms with E-state index in [0.29, 0.717) is 12.3 Å². The Labute approximate surface area is 106 Å². The molecule has 0 bridgehead atoms. The molecule has 1 aromatic carbocycles. The van der Waals surface area contributed by atoms with E-state index in [-0.39, 0.29) is 21.8 Å². The first-order chi connectivity index (χ1) is 7.99. The quantitative estimate of drug-likeness (QED) is 0.855. The Hall–Kier alpha value is -0.780. The molecule has 1 aliphatic heterocycles. The standard InChI is InChI=1S/C11H14ClNO3S/c12-10-4-3-8(13)6-11(10)17(14,15)7-9-2-1-5-16-9/h3-4,6,9H,1-2,5,7,13H2. The lowest BCUT2D eigenvalue weighted by Crippen LogP contribution is -2.20. The van der Waals surface area contributed by atoms with Crippen molar-refractivity contribution in [1.82, 2.24) is 0 Å². The van der Waals surface area contributed by atoms with E-state index >= 15 is 0 Å². The van der Waals surface area contributed by atoms with Gasteiger partial charge in [-0.15, -0.1) is 0 Å². The van der Waals surface area contributed by atoms with Crippen molar-refractivity contribution in [3.63, 3.8) is 0 Å².